The van der Waals surface area contributed by atoms with Gasteiger partial charge in [-0.2, -0.15) is 0 Å². The van der Waals surface area contributed by atoms with Crippen molar-refractivity contribution in [1.82, 2.24) is 4.90 Å². The fourth-order valence-corrected chi connectivity index (χ4v) is 2.21. The van der Waals surface area contributed by atoms with E-state index in [1.807, 2.05) is 18.2 Å². The van der Waals surface area contributed by atoms with Gasteiger partial charge in [0.25, 0.3) is 0 Å². The molecule has 0 amide bonds. The summed E-state index contributed by atoms with van der Waals surface area (Å²) in [7, 11) is 1.69. The Morgan fingerprint density at radius 1 is 1.47 bits per heavy atom. The Morgan fingerprint density at radius 2 is 2.24 bits per heavy atom. The number of likely N-dealkylation sites (N-methyl/N-ethyl adjacent to an activating group) is 1. The van der Waals surface area contributed by atoms with Crippen molar-refractivity contribution in [2.45, 2.75) is 31.8 Å². The summed E-state index contributed by atoms with van der Waals surface area (Å²) in [5.41, 5.74) is 7.42. The molecule has 2 N–H and O–H groups in total. The van der Waals surface area contributed by atoms with Gasteiger partial charge in [-0.3, -0.25) is 4.90 Å². The maximum absolute atomic E-state index is 6.26. The molecule has 3 nitrogen and oxygen atoms in total. The third kappa shape index (κ3) is 3.20. The predicted molar refractivity (Wildman–Crippen MR) is 70.2 cm³/mol. The molecule has 1 aromatic rings. The molecule has 1 aliphatic rings. The van der Waals surface area contributed by atoms with Gasteiger partial charge in [-0.25, -0.2) is 0 Å². The minimum absolute atomic E-state index is 0.0747. The van der Waals surface area contributed by atoms with Crippen molar-refractivity contribution in [2.75, 3.05) is 20.2 Å². The molecule has 2 rings (SSSR count). The lowest BCUT2D eigenvalue weighted by molar-refractivity contribution is 0.260. The molecule has 1 aliphatic carbocycles. The van der Waals surface area contributed by atoms with Gasteiger partial charge in [0.15, 0.2) is 0 Å². The number of rotatable bonds is 6. The van der Waals surface area contributed by atoms with Crippen molar-refractivity contribution >= 4 is 0 Å². The molecule has 3 heteroatoms. The van der Waals surface area contributed by atoms with Gasteiger partial charge >= 0.3 is 0 Å². The Morgan fingerprint density at radius 3 is 2.82 bits per heavy atom. The zero-order chi connectivity index (χ0) is 12.3. The van der Waals surface area contributed by atoms with Crippen LogP contribution in [0.3, 0.4) is 0 Å². The summed E-state index contributed by atoms with van der Waals surface area (Å²) in [4.78, 5) is 2.48. The Hall–Kier alpha value is -1.06. The second-order valence-corrected chi connectivity index (χ2v) is 4.70. The summed E-state index contributed by atoms with van der Waals surface area (Å²) >= 11 is 0. The Labute approximate surface area is 104 Å². The number of ether oxygens (including phenoxy) is 1. The van der Waals surface area contributed by atoms with E-state index in [9.17, 15) is 0 Å². The highest BCUT2D eigenvalue weighted by atomic mass is 16.5. The summed E-state index contributed by atoms with van der Waals surface area (Å²) in [6.07, 6.45) is 2.66. The van der Waals surface area contributed by atoms with Crippen LogP contribution < -0.4 is 10.5 Å². The molecule has 0 heterocycles. The van der Waals surface area contributed by atoms with E-state index in [-0.39, 0.29) is 6.04 Å². The molecular weight excluding hydrogens is 212 g/mol. The van der Waals surface area contributed by atoms with Crippen LogP contribution in [0.1, 0.15) is 31.4 Å². The highest BCUT2D eigenvalue weighted by molar-refractivity contribution is 5.30. The normalized spacial score (nSPS) is 17.2. The van der Waals surface area contributed by atoms with Crippen LogP contribution in [-0.4, -0.2) is 31.1 Å². The highest BCUT2D eigenvalue weighted by Crippen LogP contribution is 2.28. The standard InChI is InChI=1S/C14H22N2O/c1-3-16(12-7-8-12)10-14(15)11-5-4-6-13(9-11)17-2/h4-6,9,12,14H,3,7-8,10,15H2,1-2H3. The first-order valence-electron chi connectivity index (χ1n) is 6.38. The van der Waals surface area contributed by atoms with Gasteiger partial charge in [0, 0.05) is 18.6 Å². The molecule has 0 saturated heterocycles. The predicted octanol–water partition coefficient (Wildman–Crippen LogP) is 2.18. The third-order valence-corrected chi connectivity index (χ3v) is 3.42. The Kier molecular flexibility index (Phi) is 4.02. The molecule has 0 spiro atoms. The molecule has 1 aromatic carbocycles. The van der Waals surface area contributed by atoms with E-state index in [1.165, 1.54) is 12.8 Å². The lowest BCUT2D eigenvalue weighted by Crippen LogP contribution is -2.33. The number of hydrogen-bond donors (Lipinski definition) is 1. The minimum atomic E-state index is 0.0747. The van der Waals surface area contributed by atoms with Crippen LogP contribution in [0, 0.1) is 0 Å². The SMILES string of the molecule is CCN(CC(N)c1cccc(OC)c1)C1CC1. The lowest BCUT2D eigenvalue weighted by Gasteiger charge is -2.24. The van der Waals surface area contributed by atoms with E-state index in [0.717, 1.165) is 30.4 Å². The molecule has 94 valence electrons. The fraction of sp³-hybridized carbons (Fsp3) is 0.571. The summed E-state index contributed by atoms with van der Waals surface area (Å²) in [6, 6.07) is 8.91. The molecule has 1 unspecified atom stereocenters. The number of methoxy groups -OCH3 is 1. The maximum atomic E-state index is 6.26. The van der Waals surface area contributed by atoms with Crippen LogP contribution in [0.5, 0.6) is 5.75 Å². The van der Waals surface area contributed by atoms with E-state index >= 15 is 0 Å². The Bertz CT molecular complexity index is 363. The van der Waals surface area contributed by atoms with Crippen LogP contribution >= 0.6 is 0 Å². The molecule has 0 aromatic heterocycles. The van der Waals surface area contributed by atoms with Crippen molar-refractivity contribution in [1.29, 1.82) is 0 Å². The first-order chi connectivity index (χ1) is 8.24. The monoisotopic (exact) mass is 234 g/mol. The van der Waals surface area contributed by atoms with E-state index in [2.05, 4.69) is 17.9 Å². The first-order valence-corrected chi connectivity index (χ1v) is 6.38. The van der Waals surface area contributed by atoms with Gasteiger partial charge in [-0.15, -0.1) is 0 Å². The van der Waals surface area contributed by atoms with Crippen LogP contribution in [0.2, 0.25) is 0 Å². The lowest BCUT2D eigenvalue weighted by atomic mass is 10.1. The van der Waals surface area contributed by atoms with Crippen molar-refractivity contribution < 1.29 is 4.74 Å². The van der Waals surface area contributed by atoms with Crippen molar-refractivity contribution in [3.05, 3.63) is 29.8 Å². The summed E-state index contributed by atoms with van der Waals surface area (Å²) in [6.45, 7) is 4.23. The average Bonchev–Trinajstić information content (AvgIpc) is 3.20. The summed E-state index contributed by atoms with van der Waals surface area (Å²) < 4.78 is 5.23. The molecule has 1 atom stereocenters. The number of benzene rings is 1. The van der Waals surface area contributed by atoms with E-state index in [0.29, 0.717) is 0 Å². The fourth-order valence-electron chi connectivity index (χ4n) is 2.21. The van der Waals surface area contributed by atoms with Crippen LogP contribution in [-0.2, 0) is 0 Å². The Balaban J connectivity index is 1.99. The highest BCUT2D eigenvalue weighted by Gasteiger charge is 2.28. The number of nitrogens with zero attached hydrogens (tertiary/aromatic N) is 1. The van der Waals surface area contributed by atoms with Crippen molar-refractivity contribution in [2.24, 2.45) is 5.73 Å². The van der Waals surface area contributed by atoms with Gasteiger partial charge in [0.2, 0.25) is 0 Å². The van der Waals surface area contributed by atoms with E-state index < -0.39 is 0 Å². The summed E-state index contributed by atoms with van der Waals surface area (Å²) in [5.74, 6) is 0.882. The van der Waals surface area contributed by atoms with Crippen molar-refractivity contribution in [3.8, 4) is 5.75 Å². The molecule has 1 fully saturated rings. The molecule has 0 radical (unpaired) electrons. The second-order valence-electron chi connectivity index (χ2n) is 4.70. The summed E-state index contributed by atoms with van der Waals surface area (Å²) in [5, 5.41) is 0. The number of nitrogens with two attached hydrogens (primary N) is 1. The van der Waals surface area contributed by atoms with Gasteiger partial charge in [0.1, 0.15) is 5.75 Å². The smallest absolute Gasteiger partial charge is 0.119 e. The number of hydrogen-bond acceptors (Lipinski definition) is 3. The maximum Gasteiger partial charge on any atom is 0.119 e. The first kappa shape index (κ1) is 12.4. The van der Waals surface area contributed by atoms with Crippen LogP contribution in [0.4, 0.5) is 0 Å². The topological polar surface area (TPSA) is 38.5 Å². The molecule has 0 aliphatic heterocycles. The zero-order valence-electron chi connectivity index (χ0n) is 10.7. The molecular formula is C14H22N2O. The van der Waals surface area contributed by atoms with Crippen molar-refractivity contribution in [3.63, 3.8) is 0 Å². The van der Waals surface area contributed by atoms with Crippen LogP contribution in [0.25, 0.3) is 0 Å². The molecule has 0 bridgehead atoms. The zero-order valence-corrected chi connectivity index (χ0v) is 10.7. The van der Waals surface area contributed by atoms with Crippen LogP contribution in [0.15, 0.2) is 24.3 Å². The minimum Gasteiger partial charge on any atom is -0.497 e. The quantitative estimate of drug-likeness (QED) is 0.820. The largest absolute Gasteiger partial charge is 0.497 e. The van der Waals surface area contributed by atoms with Gasteiger partial charge in [0.05, 0.1) is 7.11 Å². The van der Waals surface area contributed by atoms with Gasteiger partial charge in [-0.1, -0.05) is 19.1 Å². The third-order valence-electron chi connectivity index (χ3n) is 3.42. The van der Waals surface area contributed by atoms with E-state index in [1.54, 1.807) is 7.11 Å². The second kappa shape index (κ2) is 5.52. The van der Waals surface area contributed by atoms with Gasteiger partial charge in [-0.05, 0) is 37.1 Å². The average molecular weight is 234 g/mol. The molecule has 1 saturated carbocycles. The van der Waals surface area contributed by atoms with Gasteiger partial charge < -0.3 is 10.5 Å². The van der Waals surface area contributed by atoms with E-state index in [4.69, 9.17) is 10.5 Å². The molecule has 17 heavy (non-hydrogen) atoms.